The molecule has 0 fully saturated rings. The van der Waals surface area contributed by atoms with Gasteiger partial charge in [0.15, 0.2) is 5.71 Å². The number of anilines is 1. The van der Waals surface area contributed by atoms with Gasteiger partial charge in [-0.25, -0.2) is 9.37 Å². The number of rotatable bonds is 6. The van der Waals surface area contributed by atoms with Gasteiger partial charge in [0.05, 0.1) is 5.56 Å². The zero-order valence-corrected chi connectivity index (χ0v) is 22.1. The molecule has 35 heavy (non-hydrogen) atoms. The minimum absolute atomic E-state index is 0.202. The van der Waals surface area contributed by atoms with Gasteiger partial charge in [0.25, 0.3) is 0 Å². The third-order valence-electron chi connectivity index (χ3n) is 7.10. The van der Waals surface area contributed by atoms with Crippen LogP contribution in [0.3, 0.4) is 0 Å². The van der Waals surface area contributed by atoms with Crippen molar-refractivity contribution in [3.63, 3.8) is 0 Å². The average Bonchev–Trinajstić information content (AvgIpc) is 2.84. The SMILES string of the molecule is CCCC(OC(=O)c1ccccc1)C1=C2C=CC(=[N+](C)C)C=C2C(C)(C)c2cc(N(C)C)ccc21. The van der Waals surface area contributed by atoms with E-state index in [0.29, 0.717) is 5.56 Å². The topological polar surface area (TPSA) is 32.6 Å². The van der Waals surface area contributed by atoms with E-state index in [4.69, 9.17) is 4.74 Å². The molecule has 2 aromatic rings. The Hall–Kier alpha value is -3.40. The molecule has 1 atom stereocenters. The summed E-state index contributed by atoms with van der Waals surface area (Å²) in [5.41, 5.74) is 8.68. The second-order valence-electron chi connectivity index (χ2n) is 10.3. The van der Waals surface area contributed by atoms with Crippen LogP contribution in [0.2, 0.25) is 0 Å². The van der Waals surface area contributed by atoms with E-state index in [1.54, 1.807) is 0 Å². The fraction of sp³-hybridized carbons (Fsp3) is 0.355. The summed E-state index contributed by atoms with van der Waals surface area (Å²) in [6.07, 6.45) is 8.01. The first-order valence-electron chi connectivity index (χ1n) is 12.4. The van der Waals surface area contributed by atoms with Crippen LogP contribution >= 0.6 is 0 Å². The van der Waals surface area contributed by atoms with Crippen LogP contribution in [0, 0.1) is 0 Å². The Bertz CT molecular complexity index is 1260. The third-order valence-corrected chi connectivity index (χ3v) is 7.10. The van der Waals surface area contributed by atoms with Gasteiger partial charge in [-0.2, -0.15) is 0 Å². The highest BCUT2D eigenvalue weighted by molar-refractivity contribution is 6.06. The Kier molecular flexibility index (Phi) is 6.84. The molecule has 0 N–H and O–H groups in total. The van der Waals surface area contributed by atoms with Crippen LogP contribution in [0.15, 0.2) is 77.9 Å². The van der Waals surface area contributed by atoms with Crippen molar-refractivity contribution in [2.45, 2.75) is 45.1 Å². The molecule has 0 saturated heterocycles. The molecular weight excluding hydrogens is 432 g/mol. The van der Waals surface area contributed by atoms with Gasteiger partial charge in [-0.1, -0.05) is 51.5 Å². The zero-order chi connectivity index (χ0) is 25.3. The second-order valence-corrected chi connectivity index (χ2v) is 10.3. The monoisotopic (exact) mass is 469 g/mol. The molecule has 1 unspecified atom stereocenters. The van der Waals surface area contributed by atoms with Gasteiger partial charge in [0.1, 0.15) is 20.2 Å². The predicted octanol–water partition coefficient (Wildman–Crippen LogP) is 6.03. The lowest BCUT2D eigenvalue weighted by Crippen LogP contribution is -2.33. The van der Waals surface area contributed by atoms with Crippen LogP contribution in [-0.4, -0.2) is 50.6 Å². The number of fused-ring (bicyclic) bond motifs is 2. The molecule has 182 valence electrons. The minimum atomic E-state index is -0.336. The van der Waals surface area contributed by atoms with Gasteiger partial charge in [0, 0.05) is 42.9 Å². The van der Waals surface area contributed by atoms with Crippen LogP contribution in [0.25, 0.3) is 5.57 Å². The second kappa shape index (κ2) is 9.69. The number of carbonyl (C=O) groups excluding carboxylic acids is 1. The Labute approximate surface area is 209 Å². The van der Waals surface area contributed by atoms with E-state index in [0.717, 1.165) is 29.8 Å². The molecule has 2 aliphatic carbocycles. The van der Waals surface area contributed by atoms with E-state index in [1.807, 2.05) is 30.3 Å². The van der Waals surface area contributed by atoms with Crippen molar-refractivity contribution >= 4 is 22.9 Å². The Morgan fingerprint density at radius 1 is 1.06 bits per heavy atom. The van der Waals surface area contributed by atoms with Crippen molar-refractivity contribution in [1.29, 1.82) is 0 Å². The van der Waals surface area contributed by atoms with Crippen LogP contribution < -0.4 is 4.90 Å². The summed E-state index contributed by atoms with van der Waals surface area (Å²) in [4.78, 5) is 15.3. The lowest BCUT2D eigenvalue weighted by Gasteiger charge is -2.41. The van der Waals surface area contributed by atoms with Gasteiger partial charge in [-0.3, -0.25) is 0 Å². The highest BCUT2D eigenvalue weighted by Crippen LogP contribution is 2.50. The van der Waals surface area contributed by atoms with E-state index in [1.165, 1.54) is 22.3 Å². The molecule has 0 bridgehead atoms. The molecule has 0 radical (unpaired) electrons. The van der Waals surface area contributed by atoms with Crippen molar-refractivity contribution in [2.24, 2.45) is 0 Å². The van der Waals surface area contributed by atoms with Crippen LogP contribution in [0.4, 0.5) is 5.69 Å². The number of carbonyl (C=O) groups is 1. The summed E-state index contributed by atoms with van der Waals surface area (Å²) in [7, 11) is 8.28. The summed E-state index contributed by atoms with van der Waals surface area (Å²) >= 11 is 0. The van der Waals surface area contributed by atoms with Gasteiger partial charge in [-0.05, 0) is 59.0 Å². The van der Waals surface area contributed by atoms with Crippen molar-refractivity contribution in [3.8, 4) is 0 Å². The zero-order valence-electron chi connectivity index (χ0n) is 22.1. The number of hydrogen-bond acceptors (Lipinski definition) is 3. The van der Waals surface area contributed by atoms with Crippen LogP contribution in [-0.2, 0) is 10.2 Å². The van der Waals surface area contributed by atoms with Crippen LogP contribution in [0.5, 0.6) is 0 Å². The molecule has 0 saturated carbocycles. The molecule has 4 rings (SSSR count). The first-order chi connectivity index (χ1) is 16.6. The van der Waals surface area contributed by atoms with E-state index >= 15 is 0 Å². The molecule has 0 heterocycles. The van der Waals surface area contributed by atoms with Gasteiger partial charge < -0.3 is 9.64 Å². The molecule has 4 heteroatoms. The lowest BCUT2D eigenvalue weighted by molar-refractivity contribution is -0.462. The van der Waals surface area contributed by atoms with Crippen molar-refractivity contribution in [2.75, 3.05) is 33.1 Å². The fourth-order valence-corrected chi connectivity index (χ4v) is 5.06. The lowest BCUT2D eigenvalue weighted by atomic mass is 9.64. The summed E-state index contributed by atoms with van der Waals surface area (Å²) in [6.45, 7) is 6.74. The maximum absolute atomic E-state index is 13.2. The largest absolute Gasteiger partial charge is 0.454 e. The predicted molar refractivity (Wildman–Crippen MR) is 146 cm³/mol. The van der Waals surface area contributed by atoms with E-state index in [-0.39, 0.29) is 17.5 Å². The number of hydrogen-bond donors (Lipinski definition) is 0. The fourth-order valence-electron chi connectivity index (χ4n) is 5.06. The molecule has 2 aliphatic rings. The maximum atomic E-state index is 13.2. The minimum Gasteiger partial charge on any atom is -0.454 e. The van der Waals surface area contributed by atoms with Crippen molar-refractivity contribution in [3.05, 3.63) is 94.6 Å². The molecule has 0 aliphatic heterocycles. The standard InChI is InChI=1S/C31H37N2O2/c1-8-12-28(35-30(34)21-13-10-9-11-14-21)29-24-17-15-22(32(4)5)19-26(24)31(2,3)27-20-23(33(6)7)16-18-25(27)29/h9-11,13-20,28H,8,12H2,1-7H3/q+1. The molecular formula is C31H37N2O2+. The Morgan fingerprint density at radius 3 is 2.40 bits per heavy atom. The Morgan fingerprint density at radius 2 is 1.77 bits per heavy atom. The molecule has 2 aromatic carbocycles. The van der Waals surface area contributed by atoms with Gasteiger partial charge in [0.2, 0.25) is 0 Å². The summed E-state index contributed by atoms with van der Waals surface area (Å²) in [5, 5.41) is 0. The maximum Gasteiger partial charge on any atom is 0.338 e. The highest BCUT2D eigenvalue weighted by atomic mass is 16.5. The number of esters is 1. The molecule has 0 spiro atoms. The Balaban J connectivity index is 1.93. The quantitative estimate of drug-likeness (QED) is 0.382. The van der Waals surface area contributed by atoms with Crippen molar-refractivity contribution < 1.29 is 14.1 Å². The third kappa shape index (κ3) is 4.62. The van der Waals surface area contributed by atoms with Crippen LogP contribution in [0.1, 0.15) is 55.1 Å². The normalized spacial score (nSPS) is 16.8. The summed E-state index contributed by atoms with van der Waals surface area (Å²) in [5.74, 6) is -0.278. The average molecular weight is 470 g/mol. The number of nitrogens with zero attached hydrogens (tertiary/aromatic N) is 2. The number of ether oxygens (including phenoxy) is 1. The summed E-state index contributed by atoms with van der Waals surface area (Å²) in [6, 6.07) is 16.0. The van der Waals surface area contributed by atoms with Gasteiger partial charge >= 0.3 is 5.97 Å². The smallest absolute Gasteiger partial charge is 0.338 e. The first-order valence-corrected chi connectivity index (χ1v) is 12.4. The van der Waals surface area contributed by atoms with E-state index < -0.39 is 0 Å². The molecule has 0 aromatic heterocycles. The van der Waals surface area contributed by atoms with Gasteiger partial charge in [-0.15, -0.1) is 0 Å². The highest BCUT2D eigenvalue weighted by Gasteiger charge is 2.41. The van der Waals surface area contributed by atoms with E-state index in [2.05, 4.69) is 94.9 Å². The number of benzene rings is 2. The molecule has 0 amide bonds. The van der Waals surface area contributed by atoms with Crippen molar-refractivity contribution in [1.82, 2.24) is 0 Å². The van der Waals surface area contributed by atoms with E-state index in [9.17, 15) is 4.79 Å². The summed E-state index contributed by atoms with van der Waals surface area (Å²) < 4.78 is 8.40. The first kappa shape index (κ1) is 24.7. The number of allylic oxidation sites excluding steroid dienone is 5. The molecule has 4 nitrogen and oxygen atoms in total.